The van der Waals surface area contributed by atoms with Gasteiger partial charge in [0.05, 0.1) is 0 Å². The number of nitrogens with one attached hydrogen (secondary N) is 1. The van der Waals surface area contributed by atoms with Gasteiger partial charge in [0.25, 0.3) is 0 Å². The van der Waals surface area contributed by atoms with Crippen LogP contribution in [0.3, 0.4) is 0 Å². The minimum atomic E-state index is 0.836. The monoisotopic (exact) mass is 280 g/mol. The molecule has 3 heteroatoms. The Morgan fingerprint density at radius 2 is 2.00 bits per heavy atom. The van der Waals surface area contributed by atoms with Crippen LogP contribution in [-0.4, -0.2) is 4.98 Å². The zero-order valence-corrected chi connectivity index (χ0v) is 12.2. The van der Waals surface area contributed by atoms with Gasteiger partial charge in [-0.05, 0) is 24.6 Å². The van der Waals surface area contributed by atoms with Crippen molar-refractivity contribution in [1.29, 1.82) is 0 Å². The Morgan fingerprint density at radius 1 is 1.10 bits per heavy atom. The van der Waals surface area contributed by atoms with Gasteiger partial charge in [0, 0.05) is 29.4 Å². The summed E-state index contributed by atoms with van der Waals surface area (Å²) >= 11 is 1.66. The first-order valence-corrected chi connectivity index (χ1v) is 7.48. The molecule has 0 fully saturated rings. The van der Waals surface area contributed by atoms with Crippen LogP contribution in [0.15, 0.2) is 60.1 Å². The number of hydrogen-bond donors (Lipinski definition) is 1. The van der Waals surface area contributed by atoms with Crippen molar-refractivity contribution in [2.75, 3.05) is 5.32 Å². The van der Waals surface area contributed by atoms with Gasteiger partial charge in [-0.1, -0.05) is 42.0 Å². The predicted octanol–water partition coefficient (Wildman–Crippen LogP) is 4.73. The fourth-order valence-corrected chi connectivity index (χ4v) is 2.79. The predicted molar refractivity (Wildman–Crippen MR) is 86.1 cm³/mol. The molecule has 0 saturated heterocycles. The molecule has 1 N–H and O–H groups in total. The van der Waals surface area contributed by atoms with E-state index in [0.29, 0.717) is 0 Å². The van der Waals surface area contributed by atoms with Crippen LogP contribution < -0.4 is 5.32 Å². The van der Waals surface area contributed by atoms with Gasteiger partial charge in [-0.25, -0.2) is 4.98 Å². The molecule has 0 aliphatic carbocycles. The minimum absolute atomic E-state index is 0.836. The maximum Gasteiger partial charge on any atom is 0.123 e. The number of anilines is 1. The highest BCUT2D eigenvalue weighted by atomic mass is 32.1. The maximum atomic E-state index is 4.35. The number of benzene rings is 2. The summed E-state index contributed by atoms with van der Waals surface area (Å²) in [5, 5.41) is 6.53. The summed E-state index contributed by atoms with van der Waals surface area (Å²) < 4.78 is 0. The first kappa shape index (κ1) is 12.9. The van der Waals surface area contributed by atoms with Crippen LogP contribution in [0.1, 0.15) is 11.1 Å². The second-order valence-electron chi connectivity index (χ2n) is 4.76. The van der Waals surface area contributed by atoms with Gasteiger partial charge in [-0.2, -0.15) is 0 Å². The summed E-state index contributed by atoms with van der Waals surface area (Å²) in [6.45, 7) is 2.95. The largest absolute Gasteiger partial charge is 0.381 e. The maximum absolute atomic E-state index is 4.35. The van der Waals surface area contributed by atoms with Crippen molar-refractivity contribution in [3.8, 4) is 10.6 Å². The van der Waals surface area contributed by atoms with Crippen molar-refractivity contribution >= 4 is 17.0 Å². The first-order chi connectivity index (χ1) is 9.81. The highest BCUT2D eigenvalue weighted by Gasteiger charge is 2.01. The lowest BCUT2D eigenvalue weighted by molar-refractivity contribution is 1.14. The number of rotatable bonds is 4. The molecule has 0 saturated carbocycles. The second-order valence-corrected chi connectivity index (χ2v) is 5.66. The van der Waals surface area contributed by atoms with Gasteiger partial charge in [-0.15, -0.1) is 11.3 Å². The van der Waals surface area contributed by atoms with Gasteiger partial charge in [0.1, 0.15) is 5.01 Å². The van der Waals surface area contributed by atoms with E-state index < -0.39 is 0 Å². The molecule has 0 aliphatic rings. The summed E-state index contributed by atoms with van der Waals surface area (Å²) in [6.07, 6.45) is 1.84. The SMILES string of the molecule is Cc1cccc(CNc2cccc(-c3nccs3)c2)c1. The average Bonchev–Trinajstić information content (AvgIpc) is 3.00. The van der Waals surface area contributed by atoms with E-state index in [2.05, 4.69) is 65.8 Å². The molecule has 100 valence electrons. The molecule has 0 radical (unpaired) electrons. The van der Waals surface area contributed by atoms with E-state index in [-0.39, 0.29) is 0 Å². The third-order valence-electron chi connectivity index (χ3n) is 3.12. The summed E-state index contributed by atoms with van der Waals surface area (Å²) in [5.41, 5.74) is 4.87. The first-order valence-electron chi connectivity index (χ1n) is 6.60. The van der Waals surface area contributed by atoms with Gasteiger partial charge < -0.3 is 5.32 Å². The summed E-state index contributed by atoms with van der Waals surface area (Å²) in [6, 6.07) is 17.0. The van der Waals surface area contributed by atoms with Crippen molar-refractivity contribution < 1.29 is 0 Å². The van der Waals surface area contributed by atoms with E-state index in [1.54, 1.807) is 11.3 Å². The minimum Gasteiger partial charge on any atom is -0.381 e. The lowest BCUT2D eigenvalue weighted by Crippen LogP contribution is -1.99. The van der Waals surface area contributed by atoms with Gasteiger partial charge in [0.2, 0.25) is 0 Å². The normalized spacial score (nSPS) is 10.4. The van der Waals surface area contributed by atoms with E-state index in [1.807, 2.05) is 11.6 Å². The van der Waals surface area contributed by atoms with Crippen molar-refractivity contribution in [1.82, 2.24) is 4.98 Å². The average molecular weight is 280 g/mol. The molecule has 1 aromatic heterocycles. The van der Waals surface area contributed by atoms with E-state index in [1.165, 1.54) is 11.1 Å². The van der Waals surface area contributed by atoms with Crippen LogP contribution in [0.4, 0.5) is 5.69 Å². The Bertz CT molecular complexity index is 690. The molecule has 0 atom stereocenters. The van der Waals surface area contributed by atoms with E-state index in [0.717, 1.165) is 22.8 Å². The van der Waals surface area contributed by atoms with Crippen LogP contribution >= 0.6 is 11.3 Å². The van der Waals surface area contributed by atoms with E-state index in [9.17, 15) is 0 Å². The summed E-state index contributed by atoms with van der Waals surface area (Å²) in [5.74, 6) is 0. The van der Waals surface area contributed by atoms with Gasteiger partial charge in [-0.3, -0.25) is 0 Å². The molecular formula is C17H16N2S. The quantitative estimate of drug-likeness (QED) is 0.747. The van der Waals surface area contributed by atoms with Crippen molar-refractivity contribution in [3.05, 3.63) is 71.2 Å². The zero-order valence-electron chi connectivity index (χ0n) is 11.3. The highest BCUT2D eigenvalue weighted by Crippen LogP contribution is 2.24. The highest BCUT2D eigenvalue weighted by molar-refractivity contribution is 7.13. The fourth-order valence-electron chi connectivity index (χ4n) is 2.15. The second kappa shape index (κ2) is 5.88. The van der Waals surface area contributed by atoms with Gasteiger partial charge in [0.15, 0.2) is 0 Å². The topological polar surface area (TPSA) is 24.9 Å². The standard InChI is InChI=1S/C17H16N2S/c1-13-4-2-5-14(10-13)12-19-16-7-3-6-15(11-16)17-18-8-9-20-17/h2-11,19H,12H2,1H3. The number of thiazole rings is 1. The summed E-state index contributed by atoms with van der Waals surface area (Å²) in [4.78, 5) is 4.35. The van der Waals surface area contributed by atoms with Crippen molar-refractivity contribution in [2.45, 2.75) is 13.5 Å². The number of aromatic nitrogens is 1. The Hall–Kier alpha value is -2.13. The Labute approximate surface area is 123 Å². The molecule has 0 spiro atoms. The molecule has 2 nitrogen and oxygen atoms in total. The zero-order chi connectivity index (χ0) is 13.8. The number of aryl methyl sites for hydroxylation is 1. The number of nitrogens with zero attached hydrogens (tertiary/aromatic N) is 1. The Kier molecular flexibility index (Phi) is 3.79. The lowest BCUT2D eigenvalue weighted by atomic mass is 10.1. The molecule has 1 heterocycles. The third-order valence-corrected chi connectivity index (χ3v) is 3.94. The fraction of sp³-hybridized carbons (Fsp3) is 0.118. The third kappa shape index (κ3) is 3.06. The van der Waals surface area contributed by atoms with Crippen molar-refractivity contribution in [2.24, 2.45) is 0 Å². The lowest BCUT2D eigenvalue weighted by Gasteiger charge is -2.08. The van der Waals surface area contributed by atoms with E-state index >= 15 is 0 Å². The molecule has 3 rings (SSSR count). The van der Waals surface area contributed by atoms with Crippen LogP contribution in [0.2, 0.25) is 0 Å². The molecule has 2 aromatic carbocycles. The van der Waals surface area contributed by atoms with Gasteiger partial charge >= 0.3 is 0 Å². The Balaban J connectivity index is 1.73. The number of hydrogen-bond acceptors (Lipinski definition) is 3. The molecule has 0 bridgehead atoms. The summed E-state index contributed by atoms with van der Waals surface area (Å²) in [7, 11) is 0. The molecule has 3 aromatic rings. The molecule has 0 aliphatic heterocycles. The Morgan fingerprint density at radius 3 is 2.80 bits per heavy atom. The smallest absolute Gasteiger partial charge is 0.123 e. The van der Waals surface area contributed by atoms with E-state index in [4.69, 9.17) is 0 Å². The molecule has 0 unspecified atom stereocenters. The molecule has 20 heavy (non-hydrogen) atoms. The van der Waals surface area contributed by atoms with Crippen molar-refractivity contribution in [3.63, 3.8) is 0 Å². The molecular weight excluding hydrogens is 264 g/mol. The van der Waals surface area contributed by atoms with Crippen LogP contribution in [-0.2, 0) is 6.54 Å². The van der Waals surface area contributed by atoms with Crippen LogP contribution in [0, 0.1) is 6.92 Å². The van der Waals surface area contributed by atoms with Crippen LogP contribution in [0.5, 0.6) is 0 Å². The van der Waals surface area contributed by atoms with Crippen LogP contribution in [0.25, 0.3) is 10.6 Å². The molecule has 0 amide bonds.